The lowest BCUT2D eigenvalue weighted by atomic mass is 10.2. The van der Waals surface area contributed by atoms with Gasteiger partial charge in [-0.05, 0) is 41.8 Å². The molecule has 0 aromatic heterocycles. The van der Waals surface area contributed by atoms with Crippen molar-refractivity contribution in [2.24, 2.45) is 0 Å². The average molecular weight is 666 g/mol. The Morgan fingerprint density at radius 1 is 0.844 bits per heavy atom. The largest absolute Gasteiger partial charge is 0.445 e. The summed E-state index contributed by atoms with van der Waals surface area (Å²) in [5, 5.41) is 21.2. The normalized spacial score (nSPS) is 18.8. The first-order valence-electron chi connectivity index (χ1n) is 13.8. The number of carbonyl (C=O) groups is 3. The number of benzene rings is 2. The molecule has 18 heteroatoms. The quantitative estimate of drug-likeness (QED) is 0.266. The van der Waals surface area contributed by atoms with Crippen molar-refractivity contribution in [2.75, 3.05) is 38.5 Å². The summed E-state index contributed by atoms with van der Waals surface area (Å²) < 4.78 is 38.7. The number of sulfonamides is 1. The fraction of sp³-hybridized carbons (Fsp3) is 0.444. The lowest BCUT2D eigenvalue weighted by molar-refractivity contribution is -0.385. The average Bonchev–Trinajstić information content (AvgIpc) is 3.39. The van der Waals surface area contributed by atoms with Crippen molar-refractivity contribution in [1.29, 1.82) is 0 Å². The Labute approximate surface area is 262 Å². The molecule has 0 unspecified atom stereocenters. The predicted octanol–water partition coefficient (Wildman–Crippen LogP) is 3.15. The van der Waals surface area contributed by atoms with Gasteiger partial charge in [0.15, 0.2) is 5.12 Å². The van der Waals surface area contributed by atoms with E-state index in [4.69, 9.17) is 9.47 Å². The second-order valence-corrected chi connectivity index (χ2v) is 13.9. The van der Waals surface area contributed by atoms with Gasteiger partial charge < -0.3 is 19.3 Å². The smallest absolute Gasteiger partial charge is 0.410 e. The number of nitrogens with zero attached hydrogens (tertiary/aromatic N) is 5. The van der Waals surface area contributed by atoms with Gasteiger partial charge in [0.05, 0.1) is 21.6 Å². The number of non-ortho nitro benzene ring substituents is 2. The van der Waals surface area contributed by atoms with Crippen molar-refractivity contribution >= 4 is 50.5 Å². The standard InChI is InChI=1S/C27H31N5O11S2/c1-19(33)44-25-14-24(30(15-25)27(35)43-17-21-4-8-23(9-5-21)32(38)39)18-45(40,41)29-12-10-28(11-13-29)26(34)42-16-20-2-6-22(7-3-20)31(36)37/h2-9,24-25H,10-18H2,1H3/t24-,25-/m0/s1. The van der Waals surface area contributed by atoms with E-state index in [0.29, 0.717) is 11.1 Å². The summed E-state index contributed by atoms with van der Waals surface area (Å²) in [6.45, 7) is 1.39. The molecule has 4 rings (SSSR count). The van der Waals surface area contributed by atoms with Gasteiger partial charge in [0, 0.05) is 69.2 Å². The number of ether oxygens (including phenoxy) is 2. The summed E-state index contributed by atoms with van der Waals surface area (Å²) in [7, 11) is -3.89. The van der Waals surface area contributed by atoms with Crippen LogP contribution in [0.15, 0.2) is 48.5 Å². The second kappa shape index (κ2) is 14.7. The minimum Gasteiger partial charge on any atom is -0.445 e. The summed E-state index contributed by atoms with van der Waals surface area (Å²) in [4.78, 5) is 60.6. The van der Waals surface area contributed by atoms with Gasteiger partial charge >= 0.3 is 12.2 Å². The van der Waals surface area contributed by atoms with Crippen LogP contribution in [0.5, 0.6) is 0 Å². The van der Waals surface area contributed by atoms with Crippen LogP contribution in [0.2, 0.25) is 0 Å². The molecule has 2 aromatic carbocycles. The molecule has 0 saturated carbocycles. The molecular weight excluding hydrogens is 634 g/mol. The molecule has 0 radical (unpaired) electrons. The van der Waals surface area contributed by atoms with Gasteiger partial charge in [-0.2, -0.15) is 4.31 Å². The zero-order valence-corrected chi connectivity index (χ0v) is 25.8. The third-order valence-corrected chi connectivity index (χ3v) is 10.2. The SMILES string of the molecule is CC(=O)S[C@H]1C[C@@H](CS(=O)(=O)N2CCN(C(=O)OCc3ccc([N+](=O)[O-])cc3)CC2)N(C(=O)OCc2ccc([N+](=O)[O-])cc2)C1. The van der Waals surface area contributed by atoms with Crippen molar-refractivity contribution in [3.05, 3.63) is 79.9 Å². The van der Waals surface area contributed by atoms with Gasteiger partial charge in [-0.1, -0.05) is 11.8 Å². The number of carbonyl (C=O) groups excluding carboxylic acids is 3. The van der Waals surface area contributed by atoms with Gasteiger partial charge in [-0.15, -0.1) is 0 Å². The van der Waals surface area contributed by atoms with E-state index in [1.54, 1.807) is 0 Å². The maximum atomic E-state index is 13.4. The number of thioether (sulfide) groups is 1. The molecule has 2 amide bonds. The Morgan fingerprint density at radius 2 is 1.33 bits per heavy atom. The highest BCUT2D eigenvalue weighted by Gasteiger charge is 2.41. The van der Waals surface area contributed by atoms with E-state index in [-0.39, 0.29) is 74.1 Å². The zero-order valence-electron chi connectivity index (χ0n) is 24.2. The minimum atomic E-state index is -3.89. The Hall–Kier alpha value is -4.29. The van der Waals surface area contributed by atoms with E-state index in [1.807, 2.05) is 0 Å². The first-order chi connectivity index (χ1) is 21.3. The fourth-order valence-corrected chi connectivity index (χ4v) is 7.72. The lowest BCUT2D eigenvalue weighted by Crippen LogP contribution is -2.52. The van der Waals surface area contributed by atoms with Crippen molar-refractivity contribution in [3.8, 4) is 0 Å². The van der Waals surface area contributed by atoms with Crippen LogP contribution in [-0.4, -0.2) is 99.4 Å². The Kier molecular flexibility index (Phi) is 10.9. The molecule has 2 fully saturated rings. The van der Waals surface area contributed by atoms with Crippen molar-refractivity contribution in [1.82, 2.24) is 14.1 Å². The molecule has 16 nitrogen and oxygen atoms in total. The molecule has 2 aromatic rings. The third kappa shape index (κ3) is 9.11. The molecule has 2 heterocycles. The van der Waals surface area contributed by atoms with Crippen LogP contribution in [-0.2, 0) is 37.5 Å². The van der Waals surface area contributed by atoms with E-state index >= 15 is 0 Å². The Balaban J connectivity index is 1.31. The highest BCUT2D eigenvalue weighted by molar-refractivity contribution is 8.14. The molecule has 2 aliphatic rings. The summed E-state index contributed by atoms with van der Waals surface area (Å²) in [5.41, 5.74) is 0.870. The predicted molar refractivity (Wildman–Crippen MR) is 161 cm³/mol. The van der Waals surface area contributed by atoms with E-state index in [1.165, 1.54) is 69.6 Å². The molecule has 45 heavy (non-hydrogen) atoms. The molecule has 0 N–H and O–H groups in total. The molecule has 242 valence electrons. The van der Waals surface area contributed by atoms with Crippen LogP contribution in [0.25, 0.3) is 0 Å². The number of rotatable bonds is 10. The number of likely N-dealkylation sites (tertiary alicyclic amines) is 1. The van der Waals surface area contributed by atoms with Gasteiger partial charge in [0.1, 0.15) is 13.2 Å². The second-order valence-electron chi connectivity index (χ2n) is 10.4. The Morgan fingerprint density at radius 3 is 1.80 bits per heavy atom. The van der Waals surface area contributed by atoms with Crippen LogP contribution in [0.3, 0.4) is 0 Å². The van der Waals surface area contributed by atoms with E-state index in [0.717, 1.165) is 11.8 Å². The number of nitro groups is 2. The Bertz CT molecular complexity index is 1530. The summed E-state index contributed by atoms with van der Waals surface area (Å²) in [5.74, 6) is -0.404. The van der Waals surface area contributed by atoms with Crippen LogP contribution >= 0.6 is 11.8 Å². The fourth-order valence-electron chi connectivity index (χ4n) is 4.96. The van der Waals surface area contributed by atoms with Crippen molar-refractivity contribution in [3.63, 3.8) is 0 Å². The maximum Gasteiger partial charge on any atom is 0.410 e. The number of piperazine rings is 1. The van der Waals surface area contributed by atoms with Crippen molar-refractivity contribution < 1.29 is 42.1 Å². The number of amides is 2. The summed E-state index contributed by atoms with van der Waals surface area (Å²) >= 11 is 1.03. The van der Waals surface area contributed by atoms with Gasteiger partial charge in [0.25, 0.3) is 11.4 Å². The molecule has 0 aliphatic carbocycles. The molecule has 0 bridgehead atoms. The van der Waals surface area contributed by atoms with Crippen molar-refractivity contribution in [2.45, 2.75) is 37.9 Å². The van der Waals surface area contributed by atoms with E-state index in [9.17, 15) is 43.0 Å². The highest BCUT2D eigenvalue weighted by Crippen LogP contribution is 2.30. The summed E-state index contributed by atoms with van der Waals surface area (Å²) in [6, 6.07) is 10.3. The van der Waals surface area contributed by atoms with Crippen LogP contribution in [0.1, 0.15) is 24.5 Å². The molecule has 2 saturated heterocycles. The third-order valence-electron chi connectivity index (χ3n) is 7.26. The monoisotopic (exact) mass is 665 g/mol. The molecular formula is C27H31N5O11S2. The lowest BCUT2D eigenvalue weighted by Gasteiger charge is -2.34. The maximum absolute atomic E-state index is 13.4. The van der Waals surface area contributed by atoms with E-state index < -0.39 is 43.9 Å². The van der Waals surface area contributed by atoms with Gasteiger partial charge in [-0.25, -0.2) is 18.0 Å². The molecule has 2 atom stereocenters. The molecule has 2 aliphatic heterocycles. The van der Waals surface area contributed by atoms with E-state index in [2.05, 4.69) is 0 Å². The summed E-state index contributed by atoms with van der Waals surface area (Å²) in [6.07, 6.45) is -1.15. The van der Waals surface area contributed by atoms with Gasteiger partial charge in [-0.3, -0.25) is 25.0 Å². The number of nitro benzene ring substituents is 2. The number of hydrogen-bond acceptors (Lipinski definition) is 12. The zero-order chi connectivity index (χ0) is 32.7. The topological polar surface area (TPSA) is 200 Å². The van der Waals surface area contributed by atoms with Crippen LogP contribution in [0.4, 0.5) is 21.0 Å². The number of hydrogen-bond donors (Lipinski definition) is 0. The molecule has 0 spiro atoms. The first-order valence-corrected chi connectivity index (χ1v) is 16.3. The van der Waals surface area contributed by atoms with Crippen LogP contribution < -0.4 is 0 Å². The first kappa shape index (κ1) is 33.6. The highest BCUT2D eigenvalue weighted by atomic mass is 32.2. The van der Waals surface area contributed by atoms with Gasteiger partial charge in [0.2, 0.25) is 10.0 Å². The minimum absolute atomic E-state index is 0.0118. The van der Waals surface area contributed by atoms with Crippen LogP contribution in [0, 0.1) is 20.2 Å².